The second kappa shape index (κ2) is 4.34. The molecule has 0 spiro atoms. The maximum atomic E-state index is 12.3. The summed E-state index contributed by atoms with van der Waals surface area (Å²) in [4.78, 5) is 18.0. The molecule has 0 radical (unpaired) electrons. The lowest BCUT2D eigenvalue weighted by atomic mass is 10.6. The van der Waals surface area contributed by atoms with Gasteiger partial charge in [-0.2, -0.15) is 0 Å². The molecule has 0 atom stereocenters. The molecule has 0 saturated carbocycles. The van der Waals surface area contributed by atoms with Gasteiger partial charge in [0.1, 0.15) is 0 Å². The molecular formula is C7H9FN4O. The zero-order valence-corrected chi connectivity index (χ0v) is 7.04. The second-order valence-corrected chi connectivity index (χ2v) is 2.25. The van der Waals surface area contributed by atoms with Crippen molar-refractivity contribution in [1.82, 2.24) is 15.3 Å². The smallest absolute Gasteiger partial charge is 0.239 e. The number of aromatic nitrogens is 2. The Bertz CT molecular complexity index is 287. The van der Waals surface area contributed by atoms with Crippen LogP contribution in [-0.4, -0.2) is 29.5 Å². The van der Waals surface area contributed by atoms with Gasteiger partial charge in [-0.3, -0.25) is 4.79 Å². The minimum atomic E-state index is -0.509. The fourth-order valence-electron chi connectivity index (χ4n) is 0.651. The molecule has 1 amide bonds. The van der Waals surface area contributed by atoms with Crippen LogP contribution in [0.2, 0.25) is 0 Å². The zero-order chi connectivity index (χ0) is 9.68. The molecule has 0 aromatic carbocycles. The van der Waals surface area contributed by atoms with E-state index in [-0.39, 0.29) is 18.4 Å². The molecule has 0 aliphatic heterocycles. The van der Waals surface area contributed by atoms with Crippen LogP contribution in [0.25, 0.3) is 0 Å². The van der Waals surface area contributed by atoms with E-state index >= 15 is 0 Å². The minimum Gasteiger partial charge on any atom is -0.358 e. The molecule has 13 heavy (non-hydrogen) atoms. The predicted octanol–water partition coefficient (Wildman–Crippen LogP) is -0.226. The average Bonchev–Trinajstić information content (AvgIpc) is 2.16. The number of halogens is 1. The highest BCUT2D eigenvalue weighted by Crippen LogP contribution is 1.96. The summed E-state index contributed by atoms with van der Waals surface area (Å²) in [5.41, 5.74) is 0. The Kier molecular flexibility index (Phi) is 3.13. The topological polar surface area (TPSA) is 66.9 Å². The van der Waals surface area contributed by atoms with E-state index in [1.54, 1.807) is 0 Å². The maximum absolute atomic E-state index is 12.3. The first-order chi connectivity index (χ1) is 6.22. The lowest BCUT2D eigenvalue weighted by Crippen LogP contribution is -2.26. The van der Waals surface area contributed by atoms with E-state index in [1.165, 1.54) is 7.05 Å². The standard InChI is InChI=1S/C7H9FN4O/c1-9-6(13)4-12-7-10-2-5(8)3-11-7/h2-3H,4H2,1H3,(H,9,13)(H,10,11,12). The Balaban J connectivity index is 2.46. The molecule has 0 aliphatic rings. The molecule has 6 heteroatoms. The van der Waals surface area contributed by atoms with E-state index < -0.39 is 5.82 Å². The molecule has 1 rings (SSSR count). The first kappa shape index (κ1) is 9.37. The fourth-order valence-corrected chi connectivity index (χ4v) is 0.651. The molecule has 0 fully saturated rings. The average molecular weight is 184 g/mol. The number of carbonyl (C=O) groups is 1. The van der Waals surface area contributed by atoms with Crippen molar-refractivity contribution >= 4 is 11.9 Å². The van der Waals surface area contributed by atoms with Crippen molar-refractivity contribution in [2.24, 2.45) is 0 Å². The summed E-state index contributed by atoms with van der Waals surface area (Å²) in [5.74, 6) is -0.469. The van der Waals surface area contributed by atoms with E-state index in [1.807, 2.05) is 0 Å². The fraction of sp³-hybridized carbons (Fsp3) is 0.286. The molecule has 2 N–H and O–H groups in total. The van der Waals surface area contributed by atoms with E-state index in [4.69, 9.17) is 0 Å². The molecule has 0 saturated heterocycles. The second-order valence-electron chi connectivity index (χ2n) is 2.25. The van der Waals surface area contributed by atoms with Crippen LogP contribution < -0.4 is 10.6 Å². The number of anilines is 1. The SMILES string of the molecule is CNC(=O)CNc1ncc(F)cn1. The van der Waals surface area contributed by atoms with Crippen molar-refractivity contribution in [3.8, 4) is 0 Å². The van der Waals surface area contributed by atoms with Crippen molar-refractivity contribution < 1.29 is 9.18 Å². The van der Waals surface area contributed by atoms with Gasteiger partial charge in [0, 0.05) is 7.05 Å². The van der Waals surface area contributed by atoms with Crippen molar-refractivity contribution in [2.45, 2.75) is 0 Å². The van der Waals surface area contributed by atoms with Gasteiger partial charge < -0.3 is 10.6 Å². The number of likely N-dealkylation sites (N-methyl/N-ethyl adjacent to an activating group) is 1. The summed E-state index contributed by atoms with van der Waals surface area (Å²) in [6.45, 7) is 0.0716. The molecule has 0 aliphatic carbocycles. The molecular weight excluding hydrogens is 175 g/mol. The van der Waals surface area contributed by atoms with Gasteiger partial charge in [-0.1, -0.05) is 0 Å². The zero-order valence-electron chi connectivity index (χ0n) is 7.04. The van der Waals surface area contributed by atoms with Crippen LogP contribution in [0.3, 0.4) is 0 Å². The van der Waals surface area contributed by atoms with Crippen molar-refractivity contribution in [3.05, 3.63) is 18.2 Å². The third kappa shape index (κ3) is 3.02. The van der Waals surface area contributed by atoms with Crippen LogP contribution in [0.1, 0.15) is 0 Å². The quantitative estimate of drug-likeness (QED) is 0.681. The lowest BCUT2D eigenvalue weighted by Gasteiger charge is -2.01. The number of carbonyl (C=O) groups excluding carboxylic acids is 1. The summed E-state index contributed by atoms with van der Waals surface area (Å²) in [6, 6.07) is 0. The van der Waals surface area contributed by atoms with Gasteiger partial charge in [-0.05, 0) is 0 Å². The number of nitrogens with one attached hydrogen (secondary N) is 2. The Morgan fingerprint density at radius 2 is 2.15 bits per heavy atom. The monoisotopic (exact) mass is 184 g/mol. The van der Waals surface area contributed by atoms with Crippen molar-refractivity contribution in [2.75, 3.05) is 18.9 Å². The highest BCUT2D eigenvalue weighted by atomic mass is 19.1. The number of hydrogen-bond donors (Lipinski definition) is 2. The van der Waals surface area contributed by atoms with E-state index in [9.17, 15) is 9.18 Å². The number of rotatable bonds is 3. The van der Waals surface area contributed by atoms with E-state index in [0.717, 1.165) is 12.4 Å². The maximum Gasteiger partial charge on any atom is 0.239 e. The Morgan fingerprint density at radius 1 is 1.54 bits per heavy atom. The Morgan fingerprint density at radius 3 is 2.69 bits per heavy atom. The van der Waals surface area contributed by atoms with Crippen molar-refractivity contribution in [3.63, 3.8) is 0 Å². The summed E-state index contributed by atoms with van der Waals surface area (Å²) >= 11 is 0. The molecule has 70 valence electrons. The summed E-state index contributed by atoms with van der Waals surface area (Å²) in [7, 11) is 1.52. The van der Waals surface area contributed by atoms with Gasteiger partial charge in [0.2, 0.25) is 11.9 Å². The van der Waals surface area contributed by atoms with Crippen LogP contribution in [0.15, 0.2) is 12.4 Å². The van der Waals surface area contributed by atoms with Crippen LogP contribution in [0.5, 0.6) is 0 Å². The normalized spacial score (nSPS) is 9.38. The highest BCUT2D eigenvalue weighted by Gasteiger charge is 1.99. The Hall–Kier alpha value is -1.72. The third-order valence-corrected chi connectivity index (χ3v) is 1.31. The summed E-state index contributed by atoms with van der Waals surface area (Å²) in [6.07, 6.45) is 2.05. The largest absolute Gasteiger partial charge is 0.358 e. The lowest BCUT2D eigenvalue weighted by molar-refractivity contribution is -0.118. The van der Waals surface area contributed by atoms with Crippen LogP contribution in [-0.2, 0) is 4.79 Å². The van der Waals surface area contributed by atoms with Gasteiger partial charge in [-0.15, -0.1) is 0 Å². The van der Waals surface area contributed by atoms with Gasteiger partial charge in [0.05, 0.1) is 18.9 Å². The van der Waals surface area contributed by atoms with Crippen molar-refractivity contribution in [1.29, 1.82) is 0 Å². The van der Waals surface area contributed by atoms with Gasteiger partial charge in [0.25, 0.3) is 0 Å². The number of hydrogen-bond acceptors (Lipinski definition) is 4. The third-order valence-electron chi connectivity index (χ3n) is 1.31. The molecule has 5 nitrogen and oxygen atoms in total. The Labute approximate surface area is 74.4 Å². The summed E-state index contributed by atoms with van der Waals surface area (Å²) in [5, 5.41) is 5.04. The summed E-state index contributed by atoms with van der Waals surface area (Å²) < 4.78 is 12.3. The molecule has 0 bridgehead atoms. The first-order valence-corrected chi connectivity index (χ1v) is 3.64. The molecule has 1 heterocycles. The van der Waals surface area contributed by atoms with E-state index in [2.05, 4.69) is 20.6 Å². The van der Waals surface area contributed by atoms with Gasteiger partial charge >= 0.3 is 0 Å². The van der Waals surface area contributed by atoms with Crippen LogP contribution >= 0.6 is 0 Å². The molecule has 1 aromatic heterocycles. The van der Waals surface area contributed by atoms with Crippen LogP contribution in [0.4, 0.5) is 10.3 Å². The first-order valence-electron chi connectivity index (χ1n) is 3.64. The number of nitrogens with zero attached hydrogens (tertiary/aromatic N) is 2. The number of amides is 1. The molecule has 1 aromatic rings. The van der Waals surface area contributed by atoms with Crippen LogP contribution in [0, 0.1) is 5.82 Å². The van der Waals surface area contributed by atoms with Gasteiger partial charge in [-0.25, -0.2) is 14.4 Å². The predicted molar refractivity (Wildman–Crippen MR) is 44.5 cm³/mol. The molecule has 0 unspecified atom stereocenters. The van der Waals surface area contributed by atoms with Gasteiger partial charge in [0.15, 0.2) is 5.82 Å². The highest BCUT2D eigenvalue weighted by molar-refractivity contribution is 5.79. The van der Waals surface area contributed by atoms with E-state index in [0.29, 0.717) is 0 Å². The minimum absolute atomic E-state index is 0.0716.